The number of para-hydroxylation sites is 2. The monoisotopic (exact) mass is 1380 g/mol. The molecule has 6 aliphatic carbocycles. The molecule has 0 N–H and O–H groups in total. The van der Waals surface area contributed by atoms with Crippen LogP contribution in [0.4, 0.5) is 34.1 Å². The Bertz CT molecular complexity index is 6950. The molecule has 26 rings (SSSR count). The van der Waals surface area contributed by atoms with Gasteiger partial charge in [0.2, 0.25) is 0 Å². The second-order valence-electron chi connectivity index (χ2n) is 31.0. The van der Waals surface area contributed by atoms with Crippen LogP contribution in [0.5, 0.6) is 0 Å². The van der Waals surface area contributed by atoms with E-state index >= 15 is 0 Å². The van der Waals surface area contributed by atoms with Gasteiger partial charge in [-0.3, -0.25) is 0 Å². The van der Waals surface area contributed by atoms with Gasteiger partial charge < -0.3 is 14.4 Å². The van der Waals surface area contributed by atoms with E-state index in [1.807, 2.05) is 0 Å². The molecule has 109 heavy (non-hydrogen) atoms. The molecular weight excluding hydrogens is 1310 g/mol. The Morgan fingerprint density at radius 3 is 1.10 bits per heavy atom. The number of anilines is 6. The molecule has 0 unspecified atom stereocenters. The van der Waals surface area contributed by atoms with Gasteiger partial charge in [-0.05, 0) is 198 Å². The van der Waals surface area contributed by atoms with Crippen molar-refractivity contribution >= 4 is 79.0 Å². The zero-order valence-corrected chi connectivity index (χ0v) is 59.2. The van der Waals surface area contributed by atoms with Gasteiger partial charge in [-0.2, -0.15) is 0 Å². The molecule has 0 radical (unpaired) electrons. The summed E-state index contributed by atoms with van der Waals surface area (Å²) in [6.07, 6.45) is 0. The minimum Gasteiger partial charge on any atom is -0.311 e. The normalized spacial score (nSPS) is 15.0. The van der Waals surface area contributed by atoms with Crippen LogP contribution in [-0.4, -0.2) is 11.3 Å². The van der Waals surface area contributed by atoms with Crippen LogP contribution in [0, 0.1) is 0 Å². The van der Waals surface area contributed by atoms with Gasteiger partial charge >= 0.3 is 0 Å². The van der Waals surface area contributed by atoms with Crippen LogP contribution in [-0.2, 0) is 16.2 Å². The van der Waals surface area contributed by atoms with Crippen molar-refractivity contribution in [3.8, 4) is 83.6 Å². The number of aromatic nitrogens is 1. The first-order valence-corrected chi connectivity index (χ1v) is 38.4. The molecule has 3 nitrogen and oxygen atoms in total. The third-order valence-electron chi connectivity index (χ3n) is 26.6. The zero-order chi connectivity index (χ0) is 70.7. The minimum absolute atomic E-state index is 0.323. The quantitative estimate of drug-likeness (QED) is 0.163. The lowest BCUT2D eigenvalue weighted by Crippen LogP contribution is -2.62. The largest absolute Gasteiger partial charge is 0.311 e. The summed E-state index contributed by atoms with van der Waals surface area (Å²) < 4.78 is 2.58. The van der Waals surface area contributed by atoms with E-state index in [2.05, 4.69) is 390 Å². The van der Waals surface area contributed by atoms with E-state index in [9.17, 15) is 0 Å². The standard InChI is InChI=1S/C105H62BN3/c1-2-27-63(28-3-1)64-53-55-65(56-54-64)108-95-61-66(107-91-50-24-13-36-74(91)75-37-14-25-51-92(75)107)62-96-100(95)106(90-59-57-89-98(102(90)108)78-39-12-23-49-87(78)104(89)81-43-17-6-31-69(81)70-32-7-18-44-82(70)104)101-94(60-58-88-97(101)77-38-11-22-48-86(77)103(88)79-41-15-4-29-67(79)68-30-5-16-42-80(68)103)109(96)93-52-26-40-76-73-35-10-21-47-85(73)105(99(76)93)83-45-19-8-33-71(83)72-34-9-20-46-84(72)105/h1-62H. The number of fused-ring (bicyclic) bond motifs is 39. The van der Waals surface area contributed by atoms with Gasteiger partial charge in [-0.25, -0.2) is 0 Å². The van der Waals surface area contributed by atoms with Crippen molar-refractivity contribution in [3.05, 3.63) is 443 Å². The van der Waals surface area contributed by atoms with E-state index in [4.69, 9.17) is 0 Å². The van der Waals surface area contributed by atoms with Crippen LogP contribution in [0.15, 0.2) is 376 Å². The molecule has 18 aromatic rings. The Labute approximate surface area is 631 Å². The number of nitrogens with zero attached hydrogens (tertiary/aromatic N) is 3. The fourth-order valence-corrected chi connectivity index (χ4v) is 22.9. The van der Waals surface area contributed by atoms with Crippen molar-refractivity contribution in [2.45, 2.75) is 16.2 Å². The lowest BCUT2D eigenvalue weighted by Gasteiger charge is -2.47. The van der Waals surface area contributed by atoms with E-state index in [0.717, 1.165) is 39.5 Å². The van der Waals surface area contributed by atoms with Crippen LogP contribution in [0.25, 0.3) is 105 Å². The Hall–Kier alpha value is -13.8. The fourth-order valence-electron chi connectivity index (χ4n) is 22.9. The number of rotatable bonds is 4. The Morgan fingerprint density at radius 2 is 0.596 bits per heavy atom. The molecule has 0 atom stereocenters. The SMILES string of the molecule is c1ccc(-c2ccc(N3c4cc(-n5c6ccccc6c6ccccc65)cc5c4B(c4ccc6c(c43)-c3ccccc3C63c4ccccc4-c4ccccc43)c3c(ccc4c3-c3ccccc3C43c4ccccc4-c4ccccc43)N5c3cccc4c3C3(c5ccccc5-c5ccccc53)c3ccccc3-4)cc2)cc1. The summed E-state index contributed by atoms with van der Waals surface area (Å²) in [5.41, 5.74) is 45.8. The highest BCUT2D eigenvalue weighted by Crippen LogP contribution is 2.70. The molecule has 17 aromatic carbocycles. The lowest BCUT2D eigenvalue weighted by atomic mass is 9.32. The van der Waals surface area contributed by atoms with E-state index in [0.29, 0.717) is 0 Å². The number of hydrogen-bond acceptors (Lipinski definition) is 2. The highest BCUT2D eigenvalue weighted by molar-refractivity contribution is 7.01. The van der Waals surface area contributed by atoms with Gasteiger partial charge in [0, 0.05) is 50.3 Å². The third-order valence-corrected chi connectivity index (χ3v) is 26.6. The van der Waals surface area contributed by atoms with E-state index in [1.165, 1.54) is 183 Å². The molecule has 3 heterocycles. The van der Waals surface area contributed by atoms with Gasteiger partial charge in [0.1, 0.15) is 0 Å². The Kier molecular flexibility index (Phi) is 11.2. The Balaban J connectivity index is 0.868. The van der Waals surface area contributed by atoms with Gasteiger partial charge in [0.25, 0.3) is 6.71 Å². The Morgan fingerprint density at radius 1 is 0.220 bits per heavy atom. The fraction of sp³-hybridized carbons (Fsp3) is 0.0286. The maximum atomic E-state index is 2.80. The van der Waals surface area contributed by atoms with E-state index in [1.54, 1.807) is 0 Å². The molecule has 0 fully saturated rings. The van der Waals surface area contributed by atoms with Gasteiger partial charge in [0.05, 0.1) is 38.7 Å². The van der Waals surface area contributed by atoms with Crippen molar-refractivity contribution in [2.24, 2.45) is 0 Å². The van der Waals surface area contributed by atoms with Crippen LogP contribution < -0.4 is 26.2 Å². The average Bonchev–Trinajstić information content (AvgIpc) is 1.59. The molecular formula is C105H62BN3. The smallest absolute Gasteiger partial charge is 0.252 e. The zero-order valence-electron chi connectivity index (χ0n) is 59.2. The maximum Gasteiger partial charge on any atom is 0.252 e. The summed E-state index contributed by atoms with van der Waals surface area (Å²) >= 11 is 0. The first kappa shape index (κ1) is 58.5. The van der Waals surface area contributed by atoms with Gasteiger partial charge in [0.15, 0.2) is 0 Å². The van der Waals surface area contributed by atoms with Crippen LogP contribution in [0.3, 0.4) is 0 Å². The van der Waals surface area contributed by atoms with Gasteiger partial charge in [-0.1, -0.05) is 328 Å². The summed E-state index contributed by atoms with van der Waals surface area (Å²) in [5.74, 6) is 0. The second kappa shape index (κ2) is 20.8. The summed E-state index contributed by atoms with van der Waals surface area (Å²) in [7, 11) is 0. The van der Waals surface area contributed by atoms with Crippen molar-refractivity contribution in [1.29, 1.82) is 0 Å². The summed E-state index contributed by atoms with van der Waals surface area (Å²) in [6.45, 7) is -0.323. The van der Waals surface area contributed by atoms with Crippen LogP contribution in [0.2, 0.25) is 0 Å². The second-order valence-corrected chi connectivity index (χ2v) is 31.0. The maximum absolute atomic E-state index is 2.80. The van der Waals surface area contributed by atoms with Crippen LogP contribution >= 0.6 is 0 Å². The highest BCUT2D eigenvalue weighted by Gasteiger charge is 2.60. The predicted molar refractivity (Wildman–Crippen MR) is 449 cm³/mol. The van der Waals surface area contributed by atoms with Gasteiger partial charge in [-0.15, -0.1) is 0 Å². The first-order chi connectivity index (χ1) is 54.1. The molecule has 2 aliphatic heterocycles. The topological polar surface area (TPSA) is 11.4 Å². The molecule has 1 aromatic heterocycles. The summed E-state index contributed by atoms with van der Waals surface area (Å²) in [4.78, 5) is 5.55. The van der Waals surface area contributed by atoms with Crippen LogP contribution in [0.1, 0.15) is 66.8 Å². The molecule has 0 saturated heterocycles. The highest BCUT2D eigenvalue weighted by atomic mass is 15.2. The number of benzene rings is 17. The molecule has 0 amide bonds. The molecule has 3 spiro atoms. The molecule has 4 heteroatoms. The van der Waals surface area contributed by atoms with Crippen molar-refractivity contribution in [3.63, 3.8) is 0 Å². The molecule has 0 saturated carbocycles. The van der Waals surface area contributed by atoms with Crippen molar-refractivity contribution in [2.75, 3.05) is 9.80 Å². The molecule has 0 bridgehead atoms. The van der Waals surface area contributed by atoms with E-state index in [-0.39, 0.29) is 6.71 Å². The first-order valence-electron chi connectivity index (χ1n) is 38.4. The molecule has 8 aliphatic rings. The van der Waals surface area contributed by atoms with Crippen molar-refractivity contribution in [1.82, 2.24) is 4.57 Å². The summed E-state index contributed by atoms with van der Waals surface area (Å²) in [6, 6.07) is 146. The van der Waals surface area contributed by atoms with Crippen molar-refractivity contribution < 1.29 is 0 Å². The number of hydrogen-bond donors (Lipinski definition) is 0. The van der Waals surface area contributed by atoms with E-state index < -0.39 is 16.2 Å². The summed E-state index contributed by atoms with van der Waals surface area (Å²) in [5, 5.41) is 2.44. The predicted octanol–water partition coefficient (Wildman–Crippen LogP) is 23.6. The third kappa shape index (κ3) is 6.88. The average molecular weight is 1380 g/mol. The lowest BCUT2D eigenvalue weighted by molar-refractivity contribution is 0.792. The molecule has 500 valence electrons. The minimum atomic E-state index is -0.692.